The number of carboxylic acids is 1. The Morgan fingerprint density at radius 2 is 1.86 bits per heavy atom. The van der Waals surface area contributed by atoms with Crippen LogP contribution in [0.1, 0.15) is 60.4 Å². The van der Waals surface area contributed by atoms with E-state index in [0.717, 1.165) is 24.1 Å². The lowest BCUT2D eigenvalue weighted by atomic mass is 9.73. The highest BCUT2D eigenvalue weighted by Gasteiger charge is 2.40. The first kappa shape index (κ1) is 19.7. The van der Waals surface area contributed by atoms with E-state index in [4.69, 9.17) is 15.6 Å². The summed E-state index contributed by atoms with van der Waals surface area (Å²) >= 11 is 0. The largest absolute Gasteiger partial charge is 0.485 e. The van der Waals surface area contributed by atoms with E-state index in [2.05, 4.69) is 19.2 Å². The topological polar surface area (TPSA) is 102 Å². The molecule has 6 nitrogen and oxygen atoms in total. The summed E-state index contributed by atoms with van der Waals surface area (Å²) in [6.07, 6.45) is 0.770. The van der Waals surface area contributed by atoms with Crippen molar-refractivity contribution in [1.29, 1.82) is 0 Å². The zero-order chi connectivity index (χ0) is 20.9. The van der Waals surface area contributed by atoms with Crippen molar-refractivity contribution in [3.63, 3.8) is 0 Å². The van der Waals surface area contributed by atoms with Gasteiger partial charge in [-0.1, -0.05) is 13.8 Å². The van der Waals surface area contributed by atoms with Gasteiger partial charge < -0.3 is 20.9 Å². The van der Waals surface area contributed by atoms with Gasteiger partial charge in [-0.2, -0.15) is 0 Å². The second kappa shape index (κ2) is 6.51. The van der Waals surface area contributed by atoms with Crippen molar-refractivity contribution in [3.05, 3.63) is 52.8 Å². The molecule has 1 aliphatic rings. The molecule has 0 unspecified atom stereocenters. The molecule has 0 radical (unpaired) electrons. The van der Waals surface area contributed by atoms with E-state index in [0.29, 0.717) is 17.1 Å². The molecule has 7 heteroatoms. The van der Waals surface area contributed by atoms with Gasteiger partial charge in [0, 0.05) is 16.8 Å². The van der Waals surface area contributed by atoms with Crippen LogP contribution in [0.4, 0.5) is 15.8 Å². The Morgan fingerprint density at radius 3 is 2.46 bits per heavy atom. The highest BCUT2D eigenvalue weighted by atomic mass is 19.1. The van der Waals surface area contributed by atoms with Crippen LogP contribution in [-0.4, -0.2) is 22.6 Å². The fourth-order valence-corrected chi connectivity index (χ4v) is 3.85. The molecule has 0 aromatic heterocycles. The number of nitrogen functional groups attached to an aromatic ring is 1. The van der Waals surface area contributed by atoms with Crippen LogP contribution in [0.3, 0.4) is 0 Å². The first-order valence-corrected chi connectivity index (χ1v) is 8.87. The van der Waals surface area contributed by atoms with E-state index in [1.54, 1.807) is 12.1 Å². The molecule has 0 fully saturated rings. The van der Waals surface area contributed by atoms with Crippen LogP contribution in [0.25, 0.3) is 0 Å². The van der Waals surface area contributed by atoms with Gasteiger partial charge in [-0.15, -0.1) is 0 Å². The van der Waals surface area contributed by atoms with Crippen molar-refractivity contribution in [3.8, 4) is 5.75 Å². The molecule has 0 saturated carbocycles. The first-order chi connectivity index (χ1) is 12.9. The number of benzene rings is 2. The number of halogens is 1. The maximum Gasteiger partial charge on any atom is 0.338 e. The molecule has 1 amide bonds. The molecule has 148 valence electrons. The number of hydrogen-bond donors (Lipinski definition) is 3. The Kier molecular flexibility index (Phi) is 4.57. The van der Waals surface area contributed by atoms with E-state index in [9.17, 15) is 14.0 Å². The predicted octanol–water partition coefficient (Wildman–Crippen LogP) is 4.20. The molecule has 28 heavy (non-hydrogen) atoms. The van der Waals surface area contributed by atoms with Crippen LogP contribution in [-0.2, 0) is 5.41 Å². The van der Waals surface area contributed by atoms with Crippen LogP contribution >= 0.6 is 0 Å². The number of carbonyl (C=O) groups excluding carboxylic acids is 1. The highest BCUT2D eigenvalue weighted by Crippen LogP contribution is 2.48. The molecule has 4 N–H and O–H groups in total. The van der Waals surface area contributed by atoms with Gasteiger partial charge in [0.2, 0.25) is 0 Å². The molecule has 1 heterocycles. The third-order valence-corrected chi connectivity index (χ3v) is 4.81. The van der Waals surface area contributed by atoms with Crippen LogP contribution in [0, 0.1) is 5.82 Å². The number of ether oxygens (including phenoxy) is 1. The number of amides is 1. The average Bonchev–Trinajstić information content (AvgIpc) is 2.54. The zero-order valence-corrected chi connectivity index (χ0v) is 16.2. The number of nitrogens with one attached hydrogen (secondary N) is 1. The number of hydrogen-bond acceptors (Lipinski definition) is 4. The molecule has 0 saturated heterocycles. The monoisotopic (exact) mass is 386 g/mol. The maximum atomic E-state index is 13.9. The van der Waals surface area contributed by atoms with Gasteiger partial charge in [-0.25, -0.2) is 9.18 Å². The van der Waals surface area contributed by atoms with E-state index in [1.165, 1.54) is 6.07 Å². The molecular weight excluding hydrogens is 363 g/mol. The van der Waals surface area contributed by atoms with Crippen LogP contribution in [0.2, 0.25) is 0 Å². The van der Waals surface area contributed by atoms with Crippen molar-refractivity contribution in [2.24, 2.45) is 0 Å². The molecule has 0 atom stereocenters. The molecule has 2 aromatic rings. The molecule has 1 aliphatic heterocycles. The van der Waals surface area contributed by atoms with Gasteiger partial charge in [0.05, 0.1) is 11.3 Å². The van der Waals surface area contributed by atoms with Crippen molar-refractivity contribution in [2.75, 3.05) is 11.1 Å². The van der Waals surface area contributed by atoms with Crippen LogP contribution < -0.4 is 15.8 Å². The van der Waals surface area contributed by atoms with Gasteiger partial charge in [0.25, 0.3) is 5.91 Å². The van der Waals surface area contributed by atoms with Crippen molar-refractivity contribution in [1.82, 2.24) is 0 Å². The summed E-state index contributed by atoms with van der Waals surface area (Å²) in [7, 11) is 0. The third-order valence-electron chi connectivity index (χ3n) is 4.81. The minimum absolute atomic E-state index is 0.00966. The number of anilines is 2. The fourth-order valence-electron chi connectivity index (χ4n) is 3.85. The second-order valence-corrected chi connectivity index (χ2v) is 8.32. The Labute approximate surface area is 162 Å². The number of carbonyl (C=O) groups is 2. The Morgan fingerprint density at radius 1 is 1.18 bits per heavy atom. The predicted molar refractivity (Wildman–Crippen MR) is 105 cm³/mol. The van der Waals surface area contributed by atoms with Gasteiger partial charge in [0.15, 0.2) is 0 Å². The average molecular weight is 386 g/mol. The molecule has 2 aromatic carbocycles. The number of aromatic carboxylic acids is 1. The van der Waals surface area contributed by atoms with Gasteiger partial charge in [-0.05, 0) is 56.0 Å². The number of nitrogens with two attached hydrogens (primary N) is 1. The smallest absolute Gasteiger partial charge is 0.338 e. The Bertz CT molecular complexity index is 983. The van der Waals surface area contributed by atoms with Crippen molar-refractivity contribution >= 4 is 23.3 Å². The fraction of sp³-hybridized carbons (Fsp3) is 0.333. The molecular formula is C21H23FN2O4. The zero-order valence-electron chi connectivity index (χ0n) is 16.2. The lowest BCUT2D eigenvalue weighted by Crippen LogP contribution is -2.41. The third kappa shape index (κ3) is 3.65. The minimum Gasteiger partial charge on any atom is -0.485 e. The second-order valence-electron chi connectivity index (χ2n) is 8.32. The summed E-state index contributed by atoms with van der Waals surface area (Å²) in [6.45, 7) is 8.17. The summed E-state index contributed by atoms with van der Waals surface area (Å²) in [5.74, 6) is -2.32. The molecule has 0 aliphatic carbocycles. The number of rotatable bonds is 3. The summed E-state index contributed by atoms with van der Waals surface area (Å²) in [5, 5.41) is 11.6. The van der Waals surface area contributed by atoms with Crippen LogP contribution in [0.5, 0.6) is 5.75 Å². The first-order valence-electron chi connectivity index (χ1n) is 8.87. The van der Waals surface area contributed by atoms with Gasteiger partial charge in [0.1, 0.15) is 17.2 Å². The summed E-state index contributed by atoms with van der Waals surface area (Å²) < 4.78 is 19.9. The maximum absolute atomic E-state index is 13.9. The lowest BCUT2D eigenvalue weighted by molar-refractivity contribution is 0.0543. The summed E-state index contributed by atoms with van der Waals surface area (Å²) in [4.78, 5) is 23.4. The van der Waals surface area contributed by atoms with E-state index >= 15 is 0 Å². The normalized spacial score (nSPS) is 16.6. The van der Waals surface area contributed by atoms with Crippen molar-refractivity contribution in [2.45, 2.75) is 45.1 Å². The number of carboxylic acid groups (broad SMARTS) is 1. The lowest BCUT2D eigenvalue weighted by Gasteiger charge is -2.43. The Balaban J connectivity index is 1.92. The van der Waals surface area contributed by atoms with Gasteiger partial charge >= 0.3 is 5.97 Å². The quantitative estimate of drug-likeness (QED) is 0.687. The highest BCUT2D eigenvalue weighted by molar-refractivity contribution is 6.05. The summed E-state index contributed by atoms with van der Waals surface area (Å²) in [5.41, 5.74) is 6.86. The van der Waals surface area contributed by atoms with E-state index < -0.39 is 23.3 Å². The van der Waals surface area contributed by atoms with Crippen molar-refractivity contribution < 1.29 is 23.8 Å². The number of fused-ring (bicyclic) bond motifs is 1. The van der Waals surface area contributed by atoms with Crippen LogP contribution in [0.15, 0.2) is 30.3 Å². The van der Waals surface area contributed by atoms with E-state index in [1.807, 2.05) is 13.8 Å². The summed E-state index contributed by atoms with van der Waals surface area (Å²) in [6, 6.07) is 6.62. The minimum atomic E-state index is -1.39. The Hall–Kier alpha value is -3.09. The van der Waals surface area contributed by atoms with Gasteiger partial charge in [-0.3, -0.25) is 4.79 Å². The standard InChI is InChI=1S/C21H23FN2O4/c1-20(2)10-21(3,4)28-17-14(20)8-12(9-16(17)23)24-18(25)11-5-6-13(19(26)27)15(22)7-11/h5-9H,10,23H2,1-4H3,(H,24,25)(H,26,27). The van der Waals surface area contributed by atoms with E-state index in [-0.39, 0.29) is 16.6 Å². The molecule has 0 bridgehead atoms. The molecule has 0 spiro atoms. The molecule has 3 rings (SSSR count). The SMILES string of the molecule is CC1(C)CC(C)(C)c2cc(NC(=O)c3ccc(C(=O)O)c(F)c3)cc(N)c2O1.